The highest BCUT2D eigenvalue weighted by atomic mass is 15.0. The number of nitrogens with zero attached hydrogens (tertiary/aromatic N) is 2. The summed E-state index contributed by atoms with van der Waals surface area (Å²) in [6.07, 6.45) is 0. The lowest BCUT2D eigenvalue weighted by Gasteiger charge is -2.11. The van der Waals surface area contributed by atoms with Crippen LogP contribution >= 0.6 is 0 Å². The molecule has 2 nitrogen and oxygen atoms in total. The van der Waals surface area contributed by atoms with Gasteiger partial charge in [-0.05, 0) is 117 Å². The maximum absolute atomic E-state index is 2.42. The second-order valence-electron chi connectivity index (χ2n) is 13.8. The van der Waals surface area contributed by atoms with E-state index in [0.717, 1.165) is 5.69 Å². The highest BCUT2D eigenvalue weighted by molar-refractivity contribution is 6.13. The maximum atomic E-state index is 2.42. The van der Waals surface area contributed by atoms with Gasteiger partial charge in [0.1, 0.15) is 0 Å². The van der Waals surface area contributed by atoms with Crippen molar-refractivity contribution in [2.45, 2.75) is 0 Å². The fourth-order valence-corrected chi connectivity index (χ4v) is 8.36. The van der Waals surface area contributed by atoms with E-state index in [2.05, 4.69) is 203 Å². The Morgan fingerprint density at radius 1 is 0.231 bits per heavy atom. The van der Waals surface area contributed by atoms with Crippen LogP contribution in [-0.2, 0) is 0 Å². The Morgan fingerprint density at radius 2 is 0.673 bits per heavy atom. The smallest absolute Gasteiger partial charge is 0.0541 e. The van der Waals surface area contributed by atoms with Gasteiger partial charge in [0.15, 0.2) is 0 Å². The van der Waals surface area contributed by atoms with Crippen LogP contribution in [0.2, 0.25) is 0 Å². The number of hydrogen-bond acceptors (Lipinski definition) is 0. The minimum absolute atomic E-state index is 1.16. The molecule has 0 unspecified atom stereocenters. The average molecular weight is 661 g/mol. The van der Waals surface area contributed by atoms with E-state index in [1.807, 2.05) is 0 Å². The molecule has 0 spiro atoms. The molecule has 0 radical (unpaired) electrons. The Balaban J connectivity index is 1.05. The monoisotopic (exact) mass is 660 g/mol. The van der Waals surface area contributed by atoms with Gasteiger partial charge in [0.2, 0.25) is 0 Å². The van der Waals surface area contributed by atoms with Gasteiger partial charge in [0, 0.05) is 32.9 Å². The van der Waals surface area contributed by atoms with Crippen LogP contribution in [0.5, 0.6) is 0 Å². The van der Waals surface area contributed by atoms with Crippen molar-refractivity contribution >= 4 is 65.2 Å². The van der Waals surface area contributed by atoms with Gasteiger partial charge >= 0.3 is 0 Å². The molecule has 0 aliphatic heterocycles. The van der Waals surface area contributed by atoms with E-state index in [0.29, 0.717) is 0 Å². The van der Waals surface area contributed by atoms with Gasteiger partial charge in [-0.2, -0.15) is 0 Å². The zero-order valence-electron chi connectivity index (χ0n) is 28.4. The molecule has 0 fully saturated rings. The molecular weight excluding hydrogens is 629 g/mol. The topological polar surface area (TPSA) is 9.86 Å². The minimum Gasteiger partial charge on any atom is -0.309 e. The van der Waals surface area contributed by atoms with Gasteiger partial charge < -0.3 is 9.13 Å². The van der Waals surface area contributed by atoms with Gasteiger partial charge in [-0.15, -0.1) is 0 Å². The van der Waals surface area contributed by atoms with Crippen molar-refractivity contribution in [3.63, 3.8) is 0 Å². The van der Waals surface area contributed by atoms with Crippen molar-refractivity contribution in [2.24, 2.45) is 0 Å². The third kappa shape index (κ3) is 4.44. The summed E-state index contributed by atoms with van der Waals surface area (Å²) < 4.78 is 4.80. The summed E-state index contributed by atoms with van der Waals surface area (Å²) >= 11 is 0. The lowest BCUT2D eigenvalue weighted by Crippen LogP contribution is -1.94. The molecule has 0 aliphatic carbocycles. The second kappa shape index (κ2) is 11.3. The predicted molar refractivity (Wildman–Crippen MR) is 221 cm³/mol. The van der Waals surface area contributed by atoms with Crippen molar-refractivity contribution in [3.05, 3.63) is 194 Å². The summed E-state index contributed by atoms with van der Waals surface area (Å²) in [6, 6.07) is 71.1. The van der Waals surface area contributed by atoms with Crippen LogP contribution in [0.25, 0.3) is 98.8 Å². The van der Waals surface area contributed by atoms with E-state index in [9.17, 15) is 0 Å². The number of benzene rings is 9. The first-order valence-corrected chi connectivity index (χ1v) is 17.9. The summed E-state index contributed by atoms with van der Waals surface area (Å²) in [5.74, 6) is 0. The molecule has 0 N–H and O–H groups in total. The highest BCUT2D eigenvalue weighted by Crippen LogP contribution is 2.39. The molecule has 2 heterocycles. The van der Waals surface area contributed by atoms with Crippen LogP contribution in [0, 0.1) is 0 Å². The van der Waals surface area contributed by atoms with Crippen LogP contribution in [0.15, 0.2) is 194 Å². The van der Waals surface area contributed by atoms with Crippen LogP contribution in [-0.4, -0.2) is 9.13 Å². The Bertz CT molecular complexity index is 3180. The van der Waals surface area contributed by atoms with E-state index in [1.54, 1.807) is 0 Å². The number of para-hydroxylation sites is 3. The summed E-state index contributed by atoms with van der Waals surface area (Å²) in [7, 11) is 0. The normalized spacial score (nSPS) is 11.8. The van der Waals surface area contributed by atoms with Gasteiger partial charge in [-0.25, -0.2) is 0 Å². The highest BCUT2D eigenvalue weighted by Gasteiger charge is 2.16. The molecule has 11 aromatic rings. The van der Waals surface area contributed by atoms with Crippen LogP contribution in [0.4, 0.5) is 0 Å². The van der Waals surface area contributed by atoms with E-state index in [-0.39, 0.29) is 0 Å². The van der Waals surface area contributed by atoms with Crippen LogP contribution in [0.3, 0.4) is 0 Å². The third-order valence-corrected chi connectivity index (χ3v) is 10.9. The van der Waals surface area contributed by atoms with Crippen molar-refractivity contribution in [1.29, 1.82) is 0 Å². The van der Waals surface area contributed by atoms with Crippen LogP contribution < -0.4 is 0 Å². The Morgan fingerprint density at radius 3 is 1.33 bits per heavy atom. The summed E-state index contributed by atoms with van der Waals surface area (Å²) in [4.78, 5) is 0. The molecule has 0 atom stereocenters. The second-order valence-corrected chi connectivity index (χ2v) is 13.8. The van der Waals surface area contributed by atoms with Crippen molar-refractivity contribution < 1.29 is 0 Å². The van der Waals surface area contributed by atoms with E-state index >= 15 is 0 Å². The van der Waals surface area contributed by atoms with Crippen molar-refractivity contribution in [2.75, 3.05) is 0 Å². The van der Waals surface area contributed by atoms with Crippen LogP contribution in [0.1, 0.15) is 0 Å². The molecule has 11 rings (SSSR count). The number of fused-ring (bicyclic) bond motifs is 8. The first-order chi connectivity index (χ1) is 25.8. The molecule has 0 saturated heterocycles. The predicted octanol–water partition coefficient (Wildman–Crippen LogP) is 13.5. The van der Waals surface area contributed by atoms with Gasteiger partial charge in [0.25, 0.3) is 0 Å². The lowest BCUT2D eigenvalue weighted by atomic mass is 9.98. The Labute approximate surface area is 301 Å². The standard InChI is InChI=1S/C50H32N2/c1-2-12-41(13-3-1)51-47-16-8-6-14-43(47)45-31-38(23-26-49(45)51)39-24-27-50-46(32-39)44-15-7-9-17-48(44)52(50)42-25-22-34-19-21-37(29-40(34)30-42)36-20-18-33-10-4-5-11-35(33)28-36/h1-32H. The zero-order valence-corrected chi connectivity index (χ0v) is 28.4. The molecule has 242 valence electrons. The zero-order chi connectivity index (χ0) is 34.2. The molecule has 2 aromatic heterocycles. The number of aromatic nitrogens is 2. The average Bonchev–Trinajstić information content (AvgIpc) is 3.73. The largest absolute Gasteiger partial charge is 0.309 e. The third-order valence-electron chi connectivity index (χ3n) is 10.9. The van der Waals surface area contributed by atoms with E-state index < -0.39 is 0 Å². The van der Waals surface area contributed by atoms with E-state index in [1.165, 1.54) is 93.1 Å². The number of hydrogen-bond donors (Lipinski definition) is 0. The molecule has 0 saturated carbocycles. The fourth-order valence-electron chi connectivity index (χ4n) is 8.36. The molecular formula is C50H32N2. The quantitative estimate of drug-likeness (QED) is 0.178. The van der Waals surface area contributed by atoms with Crippen molar-refractivity contribution in [3.8, 4) is 33.6 Å². The molecule has 52 heavy (non-hydrogen) atoms. The molecule has 2 heteroatoms. The minimum atomic E-state index is 1.16. The first kappa shape index (κ1) is 28.9. The van der Waals surface area contributed by atoms with Gasteiger partial charge in [0.05, 0.1) is 22.1 Å². The summed E-state index contributed by atoms with van der Waals surface area (Å²) in [6.45, 7) is 0. The summed E-state index contributed by atoms with van der Waals surface area (Å²) in [5.41, 5.74) is 12.1. The maximum Gasteiger partial charge on any atom is 0.0541 e. The number of rotatable bonds is 4. The first-order valence-electron chi connectivity index (χ1n) is 17.9. The molecule has 0 amide bonds. The molecule has 0 bridgehead atoms. The SMILES string of the molecule is c1ccc(-n2c3ccccc3c3cc(-c4ccc5c(c4)c4ccccc4n5-c4ccc5ccc(-c6ccc7ccccc7c6)cc5c4)ccc32)cc1. The summed E-state index contributed by atoms with van der Waals surface area (Å²) in [5, 5.41) is 10.0. The lowest BCUT2D eigenvalue weighted by molar-refractivity contribution is 1.18. The molecule has 0 aliphatic rings. The fraction of sp³-hybridized carbons (Fsp3) is 0. The van der Waals surface area contributed by atoms with Gasteiger partial charge in [-0.1, -0.05) is 121 Å². The Kier molecular flexibility index (Phi) is 6.28. The molecule has 9 aromatic carbocycles. The Hall–Kier alpha value is -6.90. The van der Waals surface area contributed by atoms with Gasteiger partial charge in [-0.3, -0.25) is 0 Å². The van der Waals surface area contributed by atoms with E-state index in [4.69, 9.17) is 0 Å². The van der Waals surface area contributed by atoms with Crippen molar-refractivity contribution in [1.82, 2.24) is 9.13 Å².